The van der Waals surface area contributed by atoms with Crippen molar-refractivity contribution in [3.8, 4) is 5.75 Å². The van der Waals surface area contributed by atoms with Crippen molar-refractivity contribution >= 4 is 0 Å². The van der Waals surface area contributed by atoms with Gasteiger partial charge in [0.1, 0.15) is 36.3 Å². The molecule has 2 fully saturated rings. The van der Waals surface area contributed by atoms with Crippen LogP contribution in [0.1, 0.15) is 23.1 Å². The van der Waals surface area contributed by atoms with Crippen molar-refractivity contribution in [2.75, 3.05) is 19.8 Å². The van der Waals surface area contributed by atoms with E-state index < -0.39 is 36.8 Å². The van der Waals surface area contributed by atoms with Crippen molar-refractivity contribution < 1.29 is 39.7 Å². The Hall–Kier alpha value is -2.04. The maximum Gasteiger partial charge on any atom is 0.222 e. The zero-order chi connectivity index (χ0) is 22.0. The van der Waals surface area contributed by atoms with Crippen LogP contribution in [0.3, 0.4) is 0 Å². The molecule has 0 radical (unpaired) electrons. The molecule has 0 aliphatic carbocycles. The number of hydrogen-bond donors (Lipinski definition) is 5. The number of hydrogen-bond acceptors (Lipinski definition) is 8. The second-order valence-electron chi connectivity index (χ2n) is 8.04. The quantitative estimate of drug-likeness (QED) is 0.434. The van der Waals surface area contributed by atoms with Gasteiger partial charge in [0.15, 0.2) is 0 Å². The SMILES string of the molecule is OC[C@H]1O[C@](O)(c2ccccc2Cc2ccc(O[C@H]3CCOC3)cc2)[C@H](O)[C@@H](O)[C@@H]1O. The fourth-order valence-corrected chi connectivity index (χ4v) is 4.10. The Balaban J connectivity index is 1.56. The summed E-state index contributed by atoms with van der Waals surface area (Å²) in [6, 6.07) is 14.4. The maximum absolute atomic E-state index is 11.2. The van der Waals surface area contributed by atoms with Crippen molar-refractivity contribution in [1.82, 2.24) is 0 Å². The first-order valence-corrected chi connectivity index (χ1v) is 10.4. The van der Waals surface area contributed by atoms with Gasteiger partial charge < -0.3 is 39.7 Å². The normalized spacial score (nSPS) is 33.4. The van der Waals surface area contributed by atoms with E-state index in [9.17, 15) is 25.5 Å². The van der Waals surface area contributed by atoms with Crippen LogP contribution in [-0.2, 0) is 21.7 Å². The van der Waals surface area contributed by atoms with Gasteiger partial charge in [-0.3, -0.25) is 0 Å². The summed E-state index contributed by atoms with van der Waals surface area (Å²) < 4.78 is 16.7. The van der Waals surface area contributed by atoms with Gasteiger partial charge in [0.25, 0.3) is 0 Å². The van der Waals surface area contributed by atoms with Crippen LogP contribution in [0.4, 0.5) is 0 Å². The molecule has 2 aromatic carbocycles. The van der Waals surface area contributed by atoms with Gasteiger partial charge >= 0.3 is 0 Å². The Bertz CT molecular complexity index is 864. The third kappa shape index (κ3) is 4.47. The minimum absolute atomic E-state index is 0.0620. The van der Waals surface area contributed by atoms with Crippen LogP contribution in [0, 0.1) is 0 Å². The molecule has 0 amide bonds. The molecule has 8 nitrogen and oxygen atoms in total. The molecule has 0 saturated carbocycles. The maximum atomic E-state index is 11.2. The highest BCUT2D eigenvalue weighted by atomic mass is 16.7. The summed E-state index contributed by atoms with van der Waals surface area (Å²) in [6.45, 7) is 0.674. The van der Waals surface area contributed by atoms with E-state index in [1.54, 1.807) is 24.3 Å². The summed E-state index contributed by atoms with van der Waals surface area (Å²) >= 11 is 0. The van der Waals surface area contributed by atoms with Crippen LogP contribution >= 0.6 is 0 Å². The van der Waals surface area contributed by atoms with Crippen LogP contribution in [0.2, 0.25) is 0 Å². The fraction of sp³-hybridized carbons (Fsp3) is 0.478. The van der Waals surface area contributed by atoms with E-state index in [4.69, 9.17) is 14.2 Å². The molecule has 0 aromatic heterocycles. The lowest BCUT2D eigenvalue weighted by atomic mass is 9.85. The molecule has 5 N–H and O–H groups in total. The molecule has 2 aliphatic rings. The largest absolute Gasteiger partial charge is 0.488 e. The Morgan fingerprint density at radius 1 is 1.00 bits per heavy atom. The molecule has 8 heteroatoms. The van der Waals surface area contributed by atoms with Crippen LogP contribution in [0.15, 0.2) is 48.5 Å². The van der Waals surface area contributed by atoms with Gasteiger partial charge in [0, 0.05) is 12.0 Å². The lowest BCUT2D eigenvalue weighted by molar-refractivity contribution is -0.358. The Labute approximate surface area is 180 Å². The van der Waals surface area contributed by atoms with Crippen molar-refractivity contribution in [2.24, 2.45) is 0 Å². The highest BCUT2D eigenvalue weighted by molar-refractivity contribution is 5.38. The van der Waals surface area contributed by atoms with E-state index in [-0.39, 0.29) is 11.7 Å². The van der Waals surface area contributed by atoms with E-state index in [0.29, 0.717) is 25.2 Å². The molecule has 31 heavy (non-hydrogen) atoms. The molecule has 2 aliphatic heterocycles. The van der Waals surface area contributed by atoms with Gasteiger partial charge in [-0.05, 0) is 29.7 Å². The summed E-state index contributed by atoms with van der Waals surface area (Å²) in [5.74, 6) is -1.53. The Morgan fingerprint density at radius 3 is 2.42 bits per heavy atom. The van der Waals surface area contributed by atoms with Crippen LogP contribution in [-0.4, -0.2) is 75.9 Å². The topological polar surface area (TPSA) is 129 Å². The van der Waals surface area contributed by atoms with E-state index >= 15 is 0 Å². The van der Waals surface area contributed by atoms with Gasteiger partial charge in [0.2, 0.25) is 5.79 Å². The zero-order valence-electron chi connectivity index (χ0n) is 17.0. The summed E-state index contributed by atoms with van der Waals surface area (Å²) in [6.07, 6.45) is -4.89. The number of benzene rings is 2. The molecular formula is C23H28O8. The highest BCUT2D eigenvalue weighted by Crippen LogP contribution is 2.38. The summed E-state index contributed by atoms with van der Waals surface area (Å²) in [5, 5.41) is 51.3. The zero-order valence-corrected chi connectivity index (χ0v) is 17.0. The van der Waals surface area contributed by atoms with Gasteiger partial charge in [-0.25, -0.2) is 0 Å². The predicted octanol–water partition coefficient (Wildman–Crippen LogP) is 0.0640. The third-order valence-electron chi connectivity index (χ3n) is 5.88. The second-order valence-corrected chi connectivity index (χ2v) is 8.04. The molecule has 4 rings (SSSR count). The first-order valence-electron chi connectivity index (χ1n) is 10.4. The first-order chi connectivity index (χ1) is 14.9. The molecule has 0 spiro atoms. The minimum atomic E-state index is -2.28. The lowest BCUT2D eigenvalue weighted by Crippen LogP contribution is -2.63. The standard InChI is InChI=1S/C23H28O8/c24-12-19-20(25)21(26)22(27)23(28,31-19)18-4-2-1-3-15(18)11-14-5-7-16(8-6-14)30-17-9-10-29-13-17/h1-8,17,19-22,24-28H,9-13H2/t17-,19+,20+,21-,22+,23+/m0/s1. The molecule has 2 heterocycles. The summed E-state index contributed by atoms with van der Waals surface area (Å²) in [7, 11) is 0. The van der Waals surface area contributed by atoms with Crippen LogP contribution in [0.5, 0.6) is 5.75 Å². The molecule has 2 saturated heterocycles. The Morgan fingerprint density at radius 2 is 1.74 bits per heavy atom. The number of rotatable bonds is 6. The van der Waals surface area contributed by atoms with Gasteiger partial charge in [-0.1, -0.05) is 36.4 Å². The molecule has 2 aromatic rings. The Kier molecular flexibility index (Phi) is 6.59. The minimum Gasteiger partial charge on any atom is -0.488 e. The van der Waals surface area contributed by atoms with Gasteiger partial charge in [-0.2, -0.15) is 0 Å². The summed E-state index contributed by atoms with van der Waals surface area (Å²) in [4.78, 5) is 0. The van der Waals surface area contributed by atoms with Crippen molar-refractivity contribution in [1.29, 1.82) is 0 Å². The monoisotopic (exact) mass is 432 g/mol. The van der Waals surface area contributed by atoms with Crippen molar-refractivity contribution in [2.45, 2.75) is 49.1 Å². The molecule has 168 valence electrons. The molecular weight excluding hydrogens is 404 g/mol. The van der Waals surface area contributed by atoms with E-state index in [0.717, 1.165) is 17.7 Å². The van der Waals surface area contributed by atoms with Crippen LogP contribution in [0.25, 0.3) is 0 Å². The second kappa shape index (κ2) is 9.22. The van der Waals surface area contributed by atoms with E-state index in [1.807, 2.05) is 24.3 Å². The number of ether oxygens (including phenoxy) is 3. The average Bonchev–Trinajstić information content (AvgIpc) is 3.30. The van der Waals surface area contributed by atoms with Crippen LogP contribution < -0.4 is 4.74 Å². The lowest BCUT2D eigenvalue weighted by Gasteiger charge is -2.46. The van der Waals surface area contributed by atoms with Crippen molar-refractivity contribution in [3.05, 3.63) is 65.2 Å². The molecule has 6 atom stereocenters. The third-order valence-corrected chi connectivity index (χ3v) is 5.88. The van der Waals surface area contributed by atoms with E-state index in [2.05, 4.69) is 0 Å². The first kappa shape index (κ1) is 22.2. The smallest absolute Gasteiger partial charge is 0.222 e. The van der Waals surface area contributed by atoms with Gasteiger partial charge in [-0.15, -0.1) is 0 Å². The highest BCUT2D eigenvalue weighted by Gasteiger charge is 2.54. The molecule has 0 bridgehead atoms. The van der Waals surface area contributed by atoms with Gasteiger partial charge in [0.05, 0.1) is 19.8 Å². The predicted molar refractivity (Wildman–Crippen MR) is 109 cm³/mol. The molecule has 0 unspecified atom stereocenters. The number of aliphatic hydroxyl groups is 5. The fourth-order valence-electron chi connectivity index (χ4n) is 4.10. The van der Waals surface area contributed by atoms with E-state index in [1.165, 1.54) is 0 Å². The summed E-state index contributed by atoms with van der Waals surface area (Å²) in [5.41, 5.74) is 1.87. The average molecular weight is 432 g/mol. The number of aliphatic hydroxyl groups excluding tert-OH is 4. The van der Waals surface area contributed by atoms with Crippen molar-refractivity contribution in [3.63, 3.8) is 0 Å².